The van der Waals surface area contributed by atoms with Crippen molar-refractivity contribution in [3.05, 3.63) is 60.4 Å². The van der Waals surface area contributed by atoms with Crippen molar-refractivity contribution in [2.45, 2.75) is 9.99 Å². The number of H-pyrrole nitrogens is 1. The van der Waals surface area contributed by atoms with Crippen molar-refractivity contribution < 1.29 is 19.1 Å². The van der Waals surface area contributed by atoms with E-state index in [4.69, 9.17) is 9.15 Å². The van der Waals surface area contributed by atoms with Gasteiger partial charge in [0, 0.05) is 17.0 Å². The first-order valence-corrected chi connectivity index (χ1v) is 7.69. The summed E-state index contributed by atoms with van der Waals surface area (Å²) in [5.74, 6) is 0.0722. The third kappa shape index (κ3) is 3.66. The van der Waals surface area contributed by atoms with E-state index >= 15 is 0 Å². The molecule has 0 bridgehead atoms. The van der Waals surface area contributed by atoms with Gasteiger partial charge in [-0.3, -0.25) is 9.89 Å². The number of rotatable bonds is 6. The fraction of sp³-hybridized carbons (Fsp3) is 0.0625. The molecular formula is C16H13N3O4S. The van der Waals surface area contributed by atoms with Crippen molar-refractivity contribution in [3.63, 3.8) is 0 Å². The predicted molar refractivity (Wildman–Crippen MR) is 87.1 cm³/mol. The summed E-state index contributed by atoms with van der Waals surface area (Å²) in [5.41, 5.74) is 0.322. The maximum Gasteiger partial charge on any atom is 0.215 e. The summed E-state index contributed by atoms with van der Waals surface area (Å²) >= 11 is 1.36. The van der Waals surface area contributed by atoms with Crippen LogP contribution in [0.5, 0.6) is 5.75 Å². The van der Waals surface area contributed by atoms with Crippen LogP contribution in [0.1, 0.15) is 16.2 Å². The van der Waals surface area contributed by atoms with Gasteiger partial charge in [0.05, 0.1) is 12.7 Å². The topological polar surface area (TPSA) is 101 Å². The average molecular weight is 343 g/mol. The van der Waals surface area contributed by atoms with Crippen molar-refractivity contribution >= 4 is 23.3 Å². The van der Waals surface area contributed by atoms with Gasteiger partial charge < -0.3 is 14.3 Å². The fourth-order valence-electron chi connectivity index (χ4n) is 1.88. The highest BCUT2D eigenvalue weighted by atomic mass is 32.2. The molecule has 7 nitrogen and oxygen atoms in total. The van der Waals surface area contributed by atoms with Gasteiger partial charge in [-0.1, -0.05) is 17.8 Å². The molecule has 0 unspecified atom stereocenters. The van der Waals surface area contributed by atoms with E-state index in [1.54, 1.807) is 13.2 Å². The van der Waals surface area contributed by atoms with E-state index in [9.17, 15) is 9.90 Å². The largest absolute Gasteiger partial charge is 0.504 e. The zero-order chi connectivity index (χ0) is 16.9. The molecule has 24 heavy (non-hydrogen) atoms. The Morgan fingerprint density at radius 3 is 3.04 bits per heavy atom. The number of carbonyl (C=O) groups excluding carboxylic acids is 1. The number of nitrogens with one attached hydrogen (secondary N) is 1. The lowest BCUT2D eigenvalue weighted by Crippen LogP contribution is -1.95. The second-order valence-corrected chi connectivity index (χ2v) is 5.73. The summed E-state index contributed by atoms with van der Waals surface area (Å²) in [4.78, 5) is 16.8. The van der Waals surface area contributed by atoms with Crippen molar-refractivity contribution in [2.24, 2.45) is 0 Å². The SMILES string of the molecule is COc1cccc(Sc2cc(C(=O)C=C(O)c3nc[nH]n3)co2)c1. The summed E-state index contributed by atoms with van der Waals surface area (Å²) in [6, 6.07) is 9.09. The first kappa shape index (κ1) is 15.9. The molecule has 0 amide bonds. The molecule has 0 saturated heterocycles. The van der Waals surface area contributed by atoms with E-state index in [1.807, 2.05) is 24.3 Å². The molecule has 0 aliphatic carbocycles. The molecule has 1 aromatic carbocycles. The van der Waals surface area contributed by atoms with Crippen molar-refractivity contribution in [1.82, 2.24) is 15.2 Å². The number of aliphatic hydroxyl groups excluding tert-OH is 1. The molecule has 0 radical (unpaired) electrons. The van der Waals surface area contributed by atoms with Crippen molar-refractivity contribution in [1.29, 1.82) is 0 Å². The number of furan rings is 1. The first-order valence-electron chi connectivity index (χ1n) is 6.87. The molecule has 2 aromatic heterocycles. The lowest BCUT2D eigenvalue weighted by molar-refractivity contribution is 0.104. The monoisotopic (exact) mass is 343 g/mol. The minimum Gasteiger partial charge on any atom is -0.504 e. The van der Waals surface area contributed by atoms with Gasteiger partial charge in [-0.2, -0.15) is 5.10 Å². The van der Waals surface area contributed by atoms with Crippen LogP contribution in [0.3, 0.4) is 0 Å². The highest BCUT2D eigenvalue weighted by Gasteiger charge is 2.12. The Hall–Kier alpha value is -3.00. The number of hydrogen-bond donors (Lipinski definition) is 2. The second kappa shape index (κ2) is 7.05. The number of aliphatic hydroxyl groups is 1. The highest BCUT2D eigenvalue weighted by Crippen LogP contribution is 2.31. The molecule has 0 spiro atoms. The van der Waals surface area contributed by atoms with Crippen LogP contribution >= 0.6 is 11.8 Å². The molecule has 0 aliphatic rings. The quantitative estimate of drug-likeness (QED) is 0.402. The molecule has 2 heterocycles. The van der Waals surface area contributed by atoms with Crippen LogP contribution in [0.25, 0.3) is 5.76 Å². The van der Waals surface area contributed by atoms with Gasteiger partial charge in [0.2, 0.25) is 5.82 Å². The van der Waals surface area contributed by atoms with E-state index in [-0.39, 0.29) is 11.6 Å². The minimum absolute atomic E-state index is 0.0535. The van der Waals surface area contributed by atoms with Crippen LogP contribution in [-0.4, -0.2) is 33.2 Å². The number of hydrogen-bond acceptors (Lipinski definition) is 7. The normalized spacial score (nSPS) is 11.5. The Labute approximate surface area is 141 Å². The lowest BCUT2D eigenvalue weighted by atomic mass is 10.2. The van der Waals surface area contributed by atoms with Gasteiger partial charge in [-0.05, 0) is 18.2 Å². The second-order valence-electron chi connectivity index (χ2n) is 4.65. The first-order chi connectivity index (χ1) is 11.7. The maximum atomic E-state index is 12.1. The maximum absolute atomic E-state index is 12.1. The standard InChI is InChI=1S/C16H13N3O4S/c1-22-11-3-2-4-12(6-11)24-15-5-10(8-23-15)13(20)7-14(21)16-17-9-18-19-16/h2-9,21H,1H3,(H,17,18,19). The molecule has 2 N–H and O–H groups in total. The summed E-state index contributed by atoms with van der Waals surface area (Å²) in [6.07, 6.45) is 3.70. The van der Waals surface area contributed by atoms with E-state index in [1.165, 1.54) is 24.4 Å². The van der Waals surface area contributed by atoms with Crippen LogP contribution in [-0.2, 0) is 0 Å². The van der Waals surface area contributed by atoms with E-state index in [2.05, 4.69) is 15.2 Å². The fourth-order valence-corrected chi connectivity index (χ4v) is 2.72. The molecule has 0 atom stereocenters. The Morgan fingerprint density at radius 1 is 1.42 bits per heavy atom. The molecule has 3 aromatic rings. The van der Waals surface area contributed by atoms with Gasteiger partial charge >= 0.3 is 0 Å². The number of methoxy groups -OCH3 is 1. The Balaban J connectivity index is 1.73. The highest BCUT2D eigenvalue weighted by molar-refractivity contribution is 7.99. The van der Waals surface area contributed by atoms with E-state index in [0.29, 0.717) is 10.7 Å². The Morgan fingerprint density at radius 2 is 2.29 bits per heavy atom. The summed E-state index contributed by atoms with van der Waals surface area (Å²) < 4.78 is 10.6. The third-order valence-electron chi connectivity index (χ3n) is 3.03. The van der Waals surface area contributed by atoms with Gasteiger partial charge in [-0.25, -0.2) is 4.98 Å². The van der Waals surface area contributed by atoms with Crippen LogP contribution < -0.4 is 4.74 Å². The van der Waals surface area contributed by atoms with Crippen LogP contribution in [0.4, 0.5) is 0 Å². The van der Waals surface area contributed by atoms with Crippen molar-refractivity contribution in [3.8, 4) is 5.75 Å². The predicted octanol–water partition coefficient (Wildman–Crippen LogP) is 3.34. The number of benzene rings is 1. The smallest absolute Gasteiger partial charge is 0.215 e. The zero-order valence-corrected chi connectivity index (χ0v) is 13.4. The molecule has 122 valence electrons. The van der Waals surface area contributed by atoms with Crippen LogP contribution in [0.2, 0.25) is 0 Å². The molecule has 0 aliphatic heterocycles. The lowest BCUT2D eigenvalue weighted by Gasteiger charge is -2.01. The van der Waals surface area contributed by atoms with E-state index in [0.717, 1.165) is 16.7 Å². The number of ether oxygens (including phenoxy) is 1. The summed E-state index contributed by atoms with van der Waals surface area (Å²) in [6.45, 7) is 0. The number of aromatic nitrogens is 3. The molecule has 8 heteroatoms. The molecule has 0 saturated carbocycles. The molecule has 3 rings (SSSR count). The zero-order valence-electron chi connectivity index (χ0n) is 12.6. The van der Waals surface area contributed by atoms with E-state index < -0.39 is 5.78 Å². The summed E-state index contributed by atoms with van der Waals surface area (Å²) in [7, 11) is 1.60. The third-order valence-corrected chi connectivity index (χ3v) is 3.94. The summed E-state index contributed by atoms with van der Waals surface area (Å²) in [5, 5.41) is 16.5. The Bertz CT molecular complexity index is 871. The number of allylic oxidation sites excluding steroid dienone is 1. The Kier molecular flexibility index (Phi) is 4.66. The number of ketones is 1. The number of aromatic amines is 1. The van der Waals surface area contributed by atoms with Gasteiger partial charge in [-0.15, -0.1) is 0 Å². The average Bonchev–Trinajstić information content (AvgIpc) is 3.26. The van der Waals surface area contributed by atoms with Crippen LogP contribution in [0.15, 0.2) is 63.4 Å². The van der Waals surface area contributed by atoms with Crippen LogP contribution in [0, 0.1) is 0 Å². The van der Waals surface area contributed by atoms with Gasteiger partial charge in [0.1, 0.15) is 18.3 Å². The molecular weight excluding hydrogens is 330 g/mol. The van der Waals surface area contributed by atoms with Crippen molar-refractivity contribution in [2.75, 3.05) is 7.11 Å². The van der Waals surface area contributed by atoms with Gasteiger partial charge in [0.15, 0.2) is 16.6 Å². The number of nitrogens with zero attached hydrogens (tertiary/aromatic N) is 2. The molecule has 0 fully saturated rings. The van der Waals surface area contributed by atoms with Gasteiger partial charge in [0.25, 0.3) is 0 Å². The number of carbonyl (C=O) groups is 1. The minimum atomic E-state index is -0.404.